The van der Waals surface area contributed by atoms with Crippen molar-refractivity contribution in [3.05, 3.63) is 23.8 Å². The van der Waals surface area contributed by atoms with Gasteiger partial charge in [0, 0.05) is 24.5 Å². The average Bonchev–Trinajstić information content (AvgIpc) is 3.05. The maximum absolute atomic E-state index is 6.52. The average molecular weight is 286 g/mol. The largest absolute Gasteiger partial charge is 0.399 e. The van der Waals surface area contributed by atoms with Crippen molar-refractivity contribution in [1.82, 2.24) is 0 Å². The van der Waals surface area contributed by atoms with Crippen LogP contribution in [0.3, 0.4) is 0 Å². The molecule has 1 aliphatic carbocycles. The van der Waals surface area contributed by atoms with Crippen molar-refractivity contribution >= 4 is 11.4 Å². The molecule has 1 saturated heterocycles. The van der Waals surface area contributed by atoms with Gasteiger partial charge in [0.15, 0.2) is 0 Å². The Morgan fingerprint density at radius 1 is 1.19 bits per heavy atom. The number of benzene rings is 1. The second-order valence-corrected chi connectivity index (χ2v) is 7.11. The lowest BCUT2D eigenvalue weighted by atomic mass is 9.83. The lowest BCUT2D eigenvalue weighted by Gasteiger charge is -2.34. The highest BCUT2D eigenvalue weighted by atomic mass is 16.5. The summed E-state index contributed by atoms with van der Waals surface area (Å²) in [5.74, 6) is 0. The smallest absolute Gasteiger partial charge is 0.0758 e. The highest BCUT2D eigenvalue weighted by molar-refractivity contribution is 5.63. The number of hydrogen-bond acceptors (Lipinski definition) is 3. The van der Waals surface area contributed by atoms with E-state index < -0.39 is 0 Å². The molecule has 114 valence electrons. The minimum absolute atomic E-state index is 0.243. The first-order valence-corrected chi connectivity index (χ1v) is 8.55. The molecule has 0 bridgehead atoms. The summed E-state index contributed by atoms with van der Waals surface area (Å²) >= 11 is 0. The SMILES string of the molecule is Nc1ccc2c(c1)CCN2CC1CCC2(CCCCC2)O1. The zero-order chi connectivity index (χ0) is 14.3. The Morgan fingerprint density at radius 3 is 2.90 bits per heavy atom. The van der Waals surface area contributed by atoms with Crippen LogP contribution in [-0.4, -0.2) is 24.8 Å². The van der Waals surface area contributed by atoms with E-state index in [0.29, 0.717) is 6.10 Å². The first-order chi connectivity index (χ1) is 10.2. The fourth-order valence-corrected chi connectivity index (χ4v) is 4.51. The van der Waals surface area contributed by atoms with Crippen molar-refractivity contribution in [2.24, 2.45) is 0 Å². The van der Waals surface area contributed by atoms with Crippen LogP contribution in [0.4, 0.5) is 11.4 Å². The second-order valence-electron chi connectivity index (χ2n) is 7.11. The van der Waals surface area contributed by atoms with Gasteiger partial charge >= 0.3 is 0 Å². The molecular formula is C18H26N2O. The van der Waals surface area contributed by atoms with Crippen molar-refractivity contribution in [2.75, 3.05) is 23.7 Å². The summed E-state index contributed by atoms with van der Waals surface area (Å²) < 4.78 is 6.52. The van der Waals surface area contributed by atoms with Crippen molar-refractivity contribution in [2.45, 2.75) is 63.1 Å². The molecule has 2 fully saturated rings. The van der Waals surface area contributed by atoms with Gasteiger partial charge in [-0.05, 0) is 55.9 Å². The summed E-state index contributed by atoms with van der Waals surface area (Å²) in [6.45, 7) is 2.17. The maximum atomic E-state index is 6.52. The van der Waals surface area contributed by atoms with Crippen LogP contribution in [-0.2, 0) is 11.2 Å². The normalized spacial score (nSPS) is 27.2. The Hall–Kier alpha value is -1.22. The minimum atomic E-state index is 0.243. The van der Waals surface area contributed by atoms with Gasteiger partial charge in [-0.1, -0.05) is 19.3 Å². The Morgan fingerprint density at radius 2 is 2.05 bits per heavy atom. The summed E-state index contributed by atoms with van der Waals surface area (Å²) in [4.78, 5) is 2.50. The number of ether oxygens (including phenoxy) is 1. The number of fused-ring (bicyclic) bond motifs is 1. The Balaban J connectivity index is 1.42. The molecular weight excluding hydrogens is 260 g/mol. The standard InChI is InChI=1S/C18H26N2O/c19-15-4-5-17-14(12-15)7-11-20(17)13-16-6-10-18(21-16)8-2-1-3-9-18/h4-5,12,16H,1-3,6-11,13,19H2. The monoisotopic (exact) mass is 286 g/mol. The Kier molecular flexibility index (Phi) is 3.33. The molecule has 2 N–H and O–H groups in total. The molecule has 1 aromatic rings. The molecule has 1 aromatic carbocycles. The fraction of sp³-hybridized carbons (Fsp3) is 0.667. The maximum Gasteiger partial charge on any atom is 0.0758 e. The molecule has 3 nitrogen and oxygen atoms in total. The van der Waals surface area contributed by atoms with Crippen LogP contribution >= 0.6 is 0 Å². The van der Waals surface area contributed by atoms with Gasteiger partial charge in [-0.25, -0.2) is 0 Å². The summed E-state index contributed by atoms with van der Waals surface area (Å²) in [6, 6.07) is 6.34. The van der Waals surface area contributed by atoms with E-state index in [4.69, 9.17) is 10.5 Å². The highest BCUT2D eigenvalue weighted by Gasteiger charge is 2.41. The van der Waals surface area contributed by atoms with Crippen molar-refractivity contribution in [3.63, 3.8) is 0 Å². The number of hydrogen-bond donors (Lipinski definition) is 1. The van der Waals surface area contributed by atoms with Crippen molar-refractivity contribution in [3.8, 4) is 0 Å². The number of anilines is 2. The molecule has 3 heteroatoms. The number of nitrogen functional groups attached to an aromatic ring is 1. The lowest BCUT2D eigenvalue weighted by molar-refractivity contribution is -0.0603. The Bertz CT molecular complexity index is 522. The van der Waals surface area contributed by atoms with E-state index in [1.54, 1.807) is 0 Å². The zero-order valence-electron chi connectivity index (χ0n) is 12.8. The molecule has 3 aliphatic rings. The summed E-state index contributed by atoms with van der Waals surface area (Å²) in [6.07, 6.45) is 10.8. The molecule has 4 rings (SSSR count). The third kappa shape index (κ3) is 2.52. The van der Waals surface area contributed by atoms with E-state index >= 15 is 0 Å². The first kappa shape index (κ1) is 13.4. The van der Waals surface area contributed by atoms with Crippen LogP contribution < -0.4 is 10.6 Å². The first-order valence-electron chi connectivity index (χ1n) is 8.55. The summed E-state index contributed by atoms with van der Waals surface area (Å²) in [5.41, 5.74) is 9.79. The van der Waals surface area contributed by atoms with Gasteiger partial charge in [0.25, 0.3) is 0 Å². The molecule has 21 heavy (non-hydrogen) atoms. The van der Waals surface area contributed by atoms with E-state index in [0.717, 1.165) is 25.2 Å². The summed E-state index contributed by atoms with van der Waals surface area (Å²) in [5, 5.41) is 0. The van der Waals surface area contributed by atoms with Crippen LogP contribution in [0.1, 0.15) is 50.5 Å². The van der Waals surface area contributed by atoms with Crippen molar-refractivity contribution in [1.29, 1.82) is 0 Å². The van der Waals surface area contributed by atoms with Gasteiger partial charge in [0.1, 0.15) is 0 Å². The van der Waals surface area contributed by atoms with E-state index in [2.05, 4.69) is 17.0 Å². The quantitative estimate of drug-likeness (QED) is 0.846. The molecule has 2 aliphatic heterocycles. The molecule has 0 amide bonds. The molecule has 1 saturated carbocycles. The second kappa shape index (κ2) is 5.20. The van der Waals surface area contributed by atoms with E-state index in [-0.39, 0.29) is 5.60 Å². The van der Waals surface area contributed by atoms with Gasteiger partial charge in [0.2, 0.25) is 0 Å². The van der Waals surface area contributed by atoms with Crippen LogP contribution in [0.2, 0.25) is 0 Å². The predicted octanol–water partition coefficient (Wildman–Crippen LogP) is 3.51. The predicted molar refractivity (Wildman–Crippen MR) is 86.7 cm³/mol. The van der Waals surface area contributed by atoms with Crippen LogP contribution in [0.5, 0.6) is 0 Å². The number of rotatable bonds is 2. The van der Waals surface area contributed by atoms with Gasteiger partial charge in [-0.15, -0.1) is 0 Å². The minimum Gasteiger partial charge on any atom is -0.399 e. The molecule has 2 heterocycles. The topological polar surface area (TPSA) is 38.5 Å². The van der Waals surface area contributed by atoms with Crippen LogP contribution in [0.25, 0.3) is 0 Å². The summed E-state index contributed by atoms with van der Waals surface area (Å²) in [7, 11) is 0. The molecule has 0 aromatic heterocycles. The van der Waals surface area contributed by atoms with E-state index in [1.807, 2.05) is 6.07 Å². The number of nitrogens with two attached hydrogens (primary N) is 1. The third-order valence-corrected chi connectivity index (χ3v) is 5.62. The molecule has 1 spiro atoms. The zero-order valence-corrected chi connectivity index (χ0v) is 12.8. The molecule has 1 atom stereocenters. The van der Waals surface area contributed by atoms with Gasteiger partial charge in [0.05, 0.1) is 11.7 Å². The van der Waals surface area contributed by atoms with Gasteiger partial charge in [-0.3, -0.25) is 0 Å². The van der Waals surface area contributed by atoms with Gasteiger partial charge < -0.3 is 15.4 Å². The highest BCUT2D eigenvalue weighted by Crippen LogP contribution is 2.42. The molecule has 0 radical (unpaired) electrons. The van der Waals surface area contributed by atoms with E-state index in [1.165, 1.54) is 56.2 Å². The van der Waals surface area contributed by atoms with Crippen molar-refractivity contribution < 1.29 is 4.74 Å². The Labute approximate surface area is 127 Å². The lowest BCUT2D eigenvalue weighted by Crippen LogP contribution is -2.36. The third-order valence-electron chi connectivity index (χ3n) is 5.62. The number of nitrogens with zero attached hydrogens (tertiary/aromatic N) is 1. The van der Waals surface area contributed by atoms with E-state index in [9.17, 15) is 0 Å². The fourth-order valence-electron chi connectivity index (χ4n) is 4.51. The van der Waals surface area contributed by atoms with Gasteiger partial charge in [-0.2, -0.15) is 0 Å². The van der Waals surface area contributed by atoms with Crippen LogP contribution in [0, 0.1) is 0 Å². The van der Waals surface area contributed by atoms with Crippen LogP contribution in [0.15, 0.2) is 18.2 Å². The molecule has 1 unspecified atom stereocenters.